The third-order valence-corrected chi connectivity index (χ3v) is 10.8. The van der Waals surface area contributed by atoms with Crippen LogP contribution in [0.15, 0.2) is 118 Å². The van der Waals surface area contributed by atoms with Crippen LogP contribution >= 0.6 is 0 Å². The van der Waals surface area contributed by atoms with Gasteiger partial charge in [0.25, 0.3) is 0 Å². The molecule has 0 saturated heterocycles. The number of aromatic nitrogens is 3. The summed E-state index contributed by atoms with van der Waals surface area (Å²) in [6.45, 7) is 6.01. The van der Waals surface area contributed by atoms with Gasteiger partial charge in [-0.25, -0.2) is 0 Å². The Morgan fingerprint density at radius 2 is 0.672 bits per heavy atom. The van der Waals surface area contributed by atoms with Gasteiger partial charge in [0.2, 0.25) is 11.9 Å². The molecule has 0 aliphatic heterocycles. The van der Waals surface area contributed by atoms with Crippen LogP contribution in [-0.4, -0.2) is 35.3 Å². The van der Waals surface area contributed by atoms with E-state index >= 15 is 0 Å². The first-order valence-electron chi connectivity index (χ1n) is 23.9. The summed E-state index contributed by atoms with van der Waals surface area (Å²) in [5.74, 6) is 2.35. The summed E-state index contributed by atoms with van der Waals surface area (Å²) in [6.07, 6.45) is 26.2. The summed E-state index contributed by atoms with van der Waals surface area (Å²) < 4.78 is 17.3. The van der Waals surface area contributed by atoms with Gasteiger partial charge >= 0.3 is 6.01 Å². The summed E-state index contributed by atoms with van der Waals surface area (Å²) in [7, 11) is 1.52. The molecule has 1 aromatic heterocycles. The monoisotopic (exact) mass is 870 g/mol. The van der Waals surface area contributed by atoms with E-state index in [-0.39, 0.29) is 6.01 Å². The molecule has 5 rings (SSSR count). The fourth-order valence-electron chi connectivity index (χ4n) is 7.05. The van der Waals surface area contributed by atoms with Crippen LogP contribution in [0.3, 0.4) is 0 Å². The van der Waals surface area contributed by atoms with E-state index in [0.29, 0.717) is 23.3 Å². The fraction of sp³-hybridized carbons (Fsp3) is 0.481. The second-order valence-corrected chi connectivity index (χ2v) is 16.3. The van der Waals surface area contributed by atoms with Crippen LogP contribution < -0.4 is 24.8 Å². The number of nitrogens with one attached hydrogen (secondary N) is 2. The van der Waals surface area contributed by atoms with Gasteiger partial charge in [0, 0.05) is 11.4 Å². The molecule has 0 aliphatic rings. The van der Waals surface area contributed by atoms with E-state index in [4.69, 9.17) is 14.2 Å². The zero-order chi connectivity index (χ0) is 44.7. The first-order chi connectivity index (χ1) is 31.6. The van der Waals surface area contributed by atoms with Crippen molar-refractivity contribution in [3.8, 4) is 17.5 Å². The van der Waals surface area contributed by atoms with E-state index < -0.39 is 0 Å². The normalized spacial score (nSPS) is 11.4. The van der Waals surface area contributed by atoms with Crippen molar-refractivity contribution in [3.63, 3.8) is 0 Å². The Morgan fingerprint density at radius 1 is 0.375 bits per heavy atom. The van der Waals surface area contributed by atoms with Crippen LogP contribution in [-0.2, 0) is 0 Å². The lowest BCUT2D eigenvalue weighted by molar-refractivity contribution is 0.304. The Hall–Kier alpha value is -5.91. The van der Waals surface area contributed by atoms with Gasteiger partial charge in [0.15, 0.2) is 0 Å². The zero-order valence-corrected chi connectivity index (χ0v) is 38.6. The quantitative estimate of drug-likeness (QED) is 0.0314. The van der Waals surface area contributed by atoms with Crippen molar-refractivity contribution in [2.24, 2.45) is 20.5 Å². The van der Waals surface area contributed by atoms with Gasteiger partial charge in [-0.05, 0) is 110 Å². The van der Waals surface area contributed by atoms with Crippen molar-refractivity contribution in [2.75, 3.05) is 31.0 Å². The van der Waals surface area contributed by atoms with E-state index in [1.807, 2.05) is 97.1 Å². The average molecular weight is 870 g/mol. The molecule has 0 saturated carbocycles. The van der Waals surface area contributed by atoms with Crippen molar-refractivity contribution in [3.05, 3.63) is 97.1 Å². The number of nitrogens with zero attached hydrogens (tertiary/aromatic N) is 7. The van der Waals surface area contributed by atoms with Gasteiger partial charge in [0.05, 0.1) is 43.1 Å². The highest BCUT2D eigenvalue weighted by Crippen LogP contribution is 2.27. The number of anilines is 4. The average Bonchev–Trinajstić information content (AvgIpc) is 3.32. The van der Waals surface area contributed by atoms with Crippen LogP contribution in [0.1, 0.15) is 142 Å². The van der Waals surface area contributed by atoms with Gasteiger partial charge in [0.1, 0.15) is 11.5 Å². The number of hydrogen-bond acceptors (Lipinski definition) is 12. The molecular weight excluding hydrogens is 799 g/mol. The highest BCUT2D eigenvalue weighted by atomic mass is 16.5. The Balaban J connectivity index is 0.998. The number of hydrogen-bond donors (Lipinski definition) is 2. The summed E-state index contributed by atoms with van der Waals surface area (Å²) >= 11 is 0. The van der Waals surface area contributed by atoms with Crippen LogP contribution in [0, 0.1) is 0 Å². The molecule has 4 aromatic carbocycles. The molecule has 64 heavy (non-hydrogen) atoms. The maximum Gasteiger partial charge on any atom is 0.322 e. The predicted octanol–water partition coefficient (Wildman–Crippen LogP) is 16.8. The van der Waals surface area contributed by atoms with Crippen molar-refractivity contribution in [1.82, 2.24) is 15.0 Å². The number of unbranched alkanes of at least 4 members (excludes halogenated alkanes) is 18. The van der Waals surface area contributed by atoms with Gasteiger partial charge in [-0.3, -0.25) is 0 Å². The number of rotatable bonds is 33. The van der Waals surface area contributed by atoms with Crippen LogP contribution in [0.2, 0.25) is 0 Å². The largest absolute Gasteiger partial charge is 0.494 e. The Morgan fingerprint density at radius 3 is 0.984 bits per heavy atom. The van der Waals surface area contributed by atoms with Gasteiger partial charge in [-0.15, -0.1) is 0 Å². The Bertz CT molecular complexity index is 1900. The van der Waals surface area contributed by atoms with Crippen LogP contribution in [0.5, 0.6) is 17.5 Å². The van der Waals surface area contributed by atoms with E-state index in [9.17, 15) is 0 Å². The molecule has 0 bridgehead atoms. The molecule has 2 N–H and O–H groups in total. The molecule has 0 amide bonds. The molecule has 0 radical (unpaired) electrons. The van der Waals surface area contributed by atoms with Crippen molar-refractivity contribution >= 4 is 46.0 Å². The minimum atomic E-state index is 0.168. The van der Waals surface area contributed by atoms with Crippen LogP contribution in [0.25, 0.3) is 0 Å². The summed E-state index contributed by atoms with van der Waals surface area (Å²) in [4.78, 5) is 13.3. The summed E-state index contributed by atoms with van der Waals surface area (Å²) in [6, 6.07) is 30.7. The highest BCUT2D eigenvalue weighted by molar-refractivity contribution is 5.61. The van der Waals surface area contributed by atoms with Gasteiger partial charge in [-0.1, -0.05) is 129 Å². The van der Waals surface area contributed by atoms with Crippen molar-refractivity contribution < 1.29 is 14.2 Å². The zero-order valence-electron chi connectivity index (χ0n) is 38.6. The predicted molar refractivity (Wildman–Crippen MR) is 262 cm³/mol. The molecule has 12 nitrogen and oxygen atoms in total. The van der Waals surface area contributed by atoms with E-state index in [2.05, 4.69) is 59.9 Å². The topological polar surface area (TPSA) is 140 Å². The third kappa shape index (κ3) is 20.1. The molecular formula is C52H71N9O3. The number of methoxy groups -OCH3 is 1. The number of azo groups is 2. The Labute approximate surface area is 382 Å². The van der Waals surface area contributed by atoms with Crippen molar-refractivity contribution in [2.45, 2.75) is 142 Å². The standard InChI is InChI=1S/C52H71N9O3/c1-4-6-8-10-12-14-16-18-20-22-40-63-48-36-32-46(33-37-48)60-58-44-28-24-42(25-29-44)53-50-55-51(57-52(56-50)62-3)54-43-26-30-45(31-27-43)59-61-47-34-38-49(39-35-47)64-41-23-21-19-17-15-13-11-9-7-5-2/h24-39H,4-23,40-41H2,1-3H3,(H2,53,54,55,56,57). The number of ether oxygens (including phenoxy) is 3. The van der Waals surface area contributed by atoms with Crippen LogP contribution in [0.4, 0.5) is 46.0 Å². The lowest BCUT2D eigenvalue weighted by atomic mass is 10.1. The SMILES string of the molecule is CCCCCCCCCCCCOc1ccc(N=Nc2ccc(Nc3nc(Nc4ccc(N=Nc5ccc(OCCCCCCCCCCCC)cc5)cc4)nc(OC)n3)cc2)cc1. The fourth-order valence-corrected chi connectivity index (χ4v) is 7.05. The first kappa shape index (κ1) is 49.1. The molecule has 5 aromatic rings. The van der Waals surface area contributed by atoms with E-state index in [1.54, 1.807) is 0 Å². The van der Waals surface area contributed by atoms with E-state index in [1.165, 1.54) is 123 Å². The Kier molecular flexibility index (Phi) is 23.2. The van der Waals surface area contributed by atoms with Gasteiger partial charge < -0.3 is 24.8 Å². The number of benzene rings is 4. The molecule has 0 fully saturated rings. The second-order valence-electron chi connectivity index (χ2n) is 16.3. The van der Waals surface area contributed by atoms with Crippen molar-refractivity contribution in [1.29, 1.82) is 0 Å². The molecule has 0 unspecified atom stereocenters. The smallest absolute Gasteiger partial charge is 0.322 e. The second kappa shape index (κ2) is 30.2. The molecule has 0 spiro atoms. The maximum absolute atomic E-state index is 5.95. The molecule has 1 heterocycles. The third-order valence-electron chi connectivity index (χ3n) is 10.8. The molecule has 0 atom stereocenters. The molecule has 342 valence electrons. The lowest BCUT2D eigenvalue weighted by Crippen LogP contribution is -2.05. The minimum absolute atomic E-state index is 0.168. The molecule has 0 aliphatic carbocycles. The highest BCUT2D eigenvalue weighted by Gasteiger charge is 2.09. The first-order valence-corrected chi connectivity index (χ1v) is 23.9. The summed E-state index contributed by atoms with van der Waals surface area (Å²) in [5.41, 5.74) is 4.47. The maximum atomic E-state index is 5.95. The summed E-state index contributed by atoms with van der Waals surface area (Å²) in [5, 5.41) is 24.1. The van der Waals surface area contributed by atoms with E-state index in [0.717, 1.165) is 60.3 Å². The molecule has 12 heteroatoms. The minimum Gasteiger partial charge on any atom is -0.494 e. The lowest BCUT2D eigenvalue weighted by Gasteiger charge is -2.10. The van der Waals surface area contributed by atoms with Gasteiger partial charge in [-0.2, -0.15) is 35.4 Å².